The van der Waals surface area contributed by atoms with Gasteiger partial charge in [0, 0.05) is 24.2 Å². The molecule has 2 aromatic carbocycles. The normalized spacial score (nSPS) is 17.1. The number of rotatable bonds is 4. The van der Waals surface area contributed by atoms with Crippen LogP contribution < -0.4 is 4.90 Å². The van der Waals surface area contributed by atoms with E-state index in [0.717, 1.165) is 16.8 Å². The van der Waals surface area contributed by atoms with Gasteiger partial charge in [0.05, 0.1) is 5.92 Å². The van der Waals surface area contributed by atoms with Crippen LogP contribution in [0.2, 0.25) is 0 Å². The van der Waals surface area contributed by atoms with Crippen LogP contribution in [0.4, 0.5) is 5.69 Å². The molecular weight excluding hydrogens is 338 g/mol. The Labute approximate surface area is 159 Å². The lowest BCUT2D eigenvalue weighted by atomic mass is 10.0. The first-order valence-electron chi connectivity index (χ1n) is 9.33. The topological polar surface area (TPSA) is 59.2 Å². The summed E-state index contributed by atoms with van der Waals surface area (Å²) in [6.45, 7) is 6.91. The predicted octanol–water partition coefficient (Wildman–Crippen LogP) is 4.69. The highest BCUT2D eigenvalue weighted by Crippen LogP contribution is 2.33. The van der Waals surface area contributed by atoms with Crippen molar-refractivity contribution in [3.63, 3.8) is 0 Å². The van der Waals surface area contributed by atoms with Gasteiger partial charge >= 0.3 is 0 Å². The van der Waals surface area contributed by atoms with Gasteiger partial charge < -0.3 is 9.42 Å². The van der Waals surface area contributed by atoms with E-state index in [0.29, 0.717) is 30.6 Å². The maximum Gasteiger partial charge on any atom is 0.232 e. The van der Waals surface area contributed by atoms with E-state index in [-0.39, 0.29) is 11.8 Å². The molecule has 0 bridgehead atoms. The molecule has 138 valence electrons. The van der Waals surface area contributed by atoms with Crippen molar-refractivity contribution in [2.75, 3.05) is 11.4 Å². The number of anilines is 1. The molecule has 0 aliphatic carbocycles. The van der Waals surface area contributed by atoms with E-state index in [2.05, 4.69) is 36.1 Å². The number of hydrogen-bond acceptors (Lipinski definition) is 4. The van der Waals surface area contributed by atoms with Crippen LogP contribution in [0, 0.1) is 6.92 Å². The van der Waals surface area contributed by atoms with Gasteiger partial charge in [0.25, 0.3) is 0 Å². The molecule has 1 fully saturated rings. The van der Waals surface area contributed by atoms with Crippen LogP contribution in [0.3, 0.4) is 0 Å². The summed E-state index contributed by atoms with van der Waals surface area (Å²) in [4.78, 5) is 18.9. The van der Waals surface area contributed by atoms with Crippen molar-refractivity contribution in [2.24, 2.45) is 0 Å². The fourth-order valence-corrected chi connectivity index (χ4v) is 3.50. The highest BCUT2D eigenvalue weighted by atomic mass is 16.5. The Kier molecular flexibility index (Phi) is 4.52. The number of hydrogen-bond donors (Lipinski definition) is 0. The second-order valence-electron chi connectivity index (χ2n) is 7.42. The summed E-state index contributed by atoms with van der Waals surface area (Å²) in [6.07, 6.45) is 0.390. The lowest BCUT2D eigenvalue weighted by molar-refractivity contribution is -0.117. The summed E-state index contributed by atoms with van der Waals surface area (Å²) >= 11 is 0. The van der Waals surface area contributed by atoms with E-state index in [1.165, 1.54) is 5.56 Å². The van der Waals surface area contributed by atoms with Gasteiger partial charge in [-0.3, -0.25) is 4.79 Å². The van der Waals surface area contributed by atoms with Gasteiger partial charge in [-0.15, -0.1) is 0 Å². The number of aromatic nitrogens is 2. The molecule has 0 saturated carbocycles. The molecule has 4 rings (SSSR count). The molecule has 1 aliphatic heterocycles. The number of nitrogens with zero attached hydrogens (tertiary/aromatic N) is 3. The molecule has 5 nitrogen and oxygen atoms in total. The summed E-state index contributed by atoms with van der Waals surface area (Å²) in [5, 5.41) is 4.13. The minimum atomic E-state index is -0.0763. The third-order valence-corrected chi connectivity index (χ3v) is 5.17. The van der Waals surface area contributed by atoms with E-state index in [1.54, 1.807) is 0 Å². The van der Waals surface area contributed by atoms with Gasteiger partial charge in [-0.05, 0) is 36.1 Å². The molecule has 0 unspecified atom stereocenters. The smallest absolute Gasteiger partial charge is 0.232 e. The first-order valence-corrected chi connectivity index (χ1v) is 9.33. The highest BCUT2D eigenvalue weighted by Gasteiger charge is 2.35. The molecule has 3 aromatic rings. The number of benzene rings is 2. The second kappa shape index (κ2) is 6.99. The van der Waals surface area contributed by atoms with Crippen molar-refractivity contribution in [3.05, 3.63) is 65.5 Å². The molecule has 2 heterocycles. The van der Waals surface area contributed by atoms with E-state index in [1.807, 2.05) is 48.2 Å². The molecular formula is C22H23N3O2. The van der Waals surface area contributed by atoms with Crippen LogP contribution in [0.25, 0.3) is 11.4 Å². The van der Waals surface area contributed by atoms with E-state index in [9.17, 15) is 4.79 Å². The van der Waals surface area contributed by atoms with Crippen LogP contribution in [-0.2, 0) is 4.79 Å². The Balaban J connectivity index is 1.53. The Bertz CT molecular complexity index is 960. The zero-order chi connectivity index (χ0) is 19.0. The molecule has 1 aliphatic rings. The molecule has 1 saturated heterocycles. The van der Waals surface area contributed by atoms with Crippen molar-refractivity contribution >= 4 is 11.6 Å². The summed E-state index contributed by atoms with van der Waals surface area (Å²) in [6, 6.07) is 16.1. The van der Waals surface area contributed by atoms with Gasteiger partial charge in [0.2, 0.25) is 17.6 Å². The number of amides is 1. The van der Waals surface area contributed by atoms with Crippen molar-refractivity contribution in [1.82, 2.24) is 10.1 Å². The first-order chi connectivity index (χ1) is 13.0. The average molecular weight is 361 g/mol. The van der Waals surface area contributed by atoms with Gasteiger partial charge in [-0.1, -0.05) is 55.4 Å². The maximum absolute atomic E-state index is 12.5. The Hall–Kier alpha value is -2.95. The van der Waals surface area contributed by atoms with Crippen LogP contribution >= 0.6 is 0 Å². The lowest BCUT2D eigenvalue weighted by Crippen LogP contribution is -2.24. The largest absolute Gasteiger partial charge is 0.339 e. The fraction of sp³-hybridized carbons (Fsp3) is 0.318. The molecule has 1 atom stereocenters. The quantitative estimate of drug-likeness (QED) is 0.676. The SMILES string of the molecule is Cc1ccccc1-c1noc([C@@H]2CC(=O)N(c3ccc(C(C)C)cc3)C2)n1. The van der Waals surface area contributed by atoms with Crippen LogP contribution in [0.15, 0.2) is 53.1 Å². The molecule has 27 heavy (non-hydrogen) atoms. The summed E-state index contributed by atoms with van der Waals surface area (Å²) < 4.78 is 5.50. The standard InChI is InChI=1S/C22H23N3O2/c1-14(2)16-8-10-18(11-9-16)25-13-17(12-20(25)26)22-23-21(24-27-22)19-7-5-4-6-15(19)3/h4-11,14,17H,12-13H2,1-3H3/t17-/m1/s1. The summed E-state index contributed by atoms with van der Waals surface area (Å²) in [7, 11) is 0. The van der Waals surface area contributed by atoms with Gasteiger partial charge in [-0.2, -0.15) is 4.98 Å². The van der Waals surface area contributed by atoms with Gasteiger partial charge in [0.1, 0.15) is 0 Å². The molecule has 0 N–H and O–H groups in total. The Morgan fingerprint density at radius 3 is 2.56 bits per heavy atom. The van der Waals surface area contributed by atoms with Crippen molar-refractivity contribution in [1.29, 1.82) is 0 Å². The van der Waals surface area contributed by atoms with Crippen LogP contribution in [0.1, 0.15) is 49.1 Å². The third-order valence-electron chi connectivity index (χ3n) is 5.17. The lowest BCUT2D eigenvalue weighted by Gasteiger charge is -2.17. The van der Waals surface area contributed by atoms with E-state index < -0.39 is 0 Å². The van der Waals surface area contributed by atoms with E-state index >= 15 is 0 Å². The Morgan fingerprint density at radius 1 is 1.11 bits per heavy atom. The number of carbonyl (C=O) groups is 1. The molecule has 1 amide bonds. The molecule has 0 spiro atoms. The molecule has 5 heteroatoms. The van der Waals surface area contributed by atoms with Crippen LogP contribution in [0.5, 0.6) is 0 Å². The predicted molar refractivity (Wildman–Crippen MR) is 105 cm³/mol. The van der Waals surface area contributed by atoms with Crippen molar-refractivity contribution in [2.45, 2.75) is 39.0 Å². The monoisotopic (exact) mass is 361 g/mol. The fourth-order valence-electron chi connectivity index (χ4n) is 3.50. The second-order valence-corrected chi connectivity index (χ2v) is 7.42. The number of aryl methyl sites for hydroxylation is 1. The maximum atomic E-state index is 12.5. The van der Waals surface area contributed by atoms with E-state index in [4.69, 9.17) is 4.52 Å². The van der Waals surface area contributed by atoms with Crippen LogP contribution in [-0.4, -0.2) is 22.6 Å². The molecule has 0 radical (unpaired) electrons. The minimum Gasteiger partial charge on any atom is -0.339 e. The first kappa shape index (κ1) is 17.5. The number of carbonyl (C=O) groups excluding carboxylic acids is 1. The zero-order valence-corrected chi connectivity index (χ0v) is 15.8. The van der Waals surface area contributed by atoms with Crippen molar-refractivity contribution in [3.8, 4) is 11.4 Å². The third kappa shape index (κ3) is 3.37. The highest BCUT2D eigenvalue weighted by molar-refractivity contribution is 5.96. The van der Waals surface area contributed by atoms with Crippen molar-refractivity contribution < 1.29 is 9.32 Å². The van der Waals surface area contributed by atoms with Gasteiger partial charge in [-0.25, -0.2) is 0 Å². The summed E-state index contributed by atoms with van der Waals surface area (Å²) in [5.74, 6) is 1.60. The zero-order valence-electron chi connectivity index (χ0n) is 15.8. The minimum absolute atomic E-state index is 0.0763. The molecule has 1 aromatic heterocycles. The average Bonchev–Trinajstić information content (AvgIpc) is 3.29. The Morgan fingerprint density at radius 2 is 1.85 bits per heavy atom. The summed E-state index contributed by atoms with van der Waals surface area (Å²) in [5.41, 5.74) is 4.24. The van der Waals surface area contributed by atoms with Gasteiger partial charge in [0.15, 0.2) is 0 Å².